The average molecular weight is 551 g/mol. The van der Waals surface area contributed by atoms with Gasteiger partial charge in [-0.3, -0.25) is 9.79 Å². The second-order valence-corrected chi connectivity index (χ2v) is 6.76. The Bertz CT molecular complexity index is 793. The van der Waals surface area contributed by atoms with E-state index >= 15 is 0 Å². The summed E-state index contributed by atoms with van der Waals surface area (Å²) in [4.78, 5) is 20.5. The number of aliphatic imine (C=N–C) groups is 1. The van der Waals surface area contributed by atoms with Crippen molar-refractivity contribution >= 4 is 51.8 Å². The minimum Gasteiger partial charge on any atom is -0.459 e. The summed E-state index contributed by atoms with van der Waals surface area (Å²) >= 11 is 3.15. The van der Waals surface area contributed by atoms with Crippen LogP contribution < -0.4 is 5.32 Å². The fraction of sp³-hybridized carbons (Fsp3) is 0.333. The van der Waals surface area contributed by atoms with Crippen molar-refractivity contribution in [2.75, 3.05) is 33.2 Å². The molecule has 1 aromatic carbocycles. The Balaban J connectivity index is 0.00000261. The molecule has 1 aromatic heterocycles. The van der Waals surface area contributed by atoms with Gasteiger partial charge in [0.15, 0.2) is 11.7 Å². The number of rotatable bonds is 3. The fourth-order valence-corrected chi connectivity index (χ4v) is 3.09. The molecule has 0 spiro atoms. The molecule has 1 N–H and O–H groups in total. The molecule has 0 saturated carbocycles. The standard InChI is InChI=1S/C18H20BrFN4O2.HI/c1-21-18(22-12-13-4-5-14(19)15(20)11-13)24-8-6-23(7-9-24)17(25)16-3-2-10-26-16;/h2-5,10-11H,6-9,12H2,1H3,(H,21,22);1H. The van der Waals surface area contributed by atoms with Gasteiger partial charge < -0.3 is 19.5 Å². The molecule has 0 bridgehead atoms. The quantitative estimate of drug-likeness (QED) is 0.362. The van der Waals surface area contributed by atoms with Crippen LogP contribution in [0.4, 0.5) is 4.39 Å². The summed E-state index contributed by atoms with van der Waals surface area (Å²) in [5.41, 5.74) is 0.832. The SMILES string of the molecule is CN=C(NCc1ccc(Br)c(F)c1)N1CCN(C(=O)c2ccco2)CC1.I. The van der Waals surface area contributed by atoms with E-state index in [2.05, 4.69) is 31.1 Å². The molecule has 27 heavy (non-hydrogen) atoms. The molecule has 1 aliphatic rings. The Morgan fingerprint density at radius 1 is 1.26 bits per heavy atom. The van der Waals surface area contributed by atoms with E-state index in [0.29, 0.717) is 43.0 Å². The fourth-order valence-electron chi connectivity index (χ4n) is 2.84. The van der Waals surface area contributed by atoms with Crippen molar-refractivity contribution in [3.8, 4) is 0 Å². The summed E-state index contributed by atoms with van der Waals surface area (Å²) in [6, 6.07) is 8.42. The number of halogens is 3. The Labute approximate surface area is 182 Å². The third kappa shape index (κ3) is 5.44. The molecule has 1 fully saturated rings. The zero-order valence-electron chi connectivity index (χ0n) is 14.8. The van der Waals surface area contributed by atoms with Crippen molar-refractivity contribution in [3.63, 3.8) is 0 Å². The Hall–Kier alpha value is -1.62. The lowest BCUT2D eigenvalue weighted by molar-refractivity contribution is 0.0657. The largest absolute Gasteiger partial charge is 0.459 e. The van der Waals surface area contributed by atoms with Gasteiger partial charge in [0.2, 0.25) is 0 Å². The van der Waals surface area contributed by atoms with Gasteiger partial charge in [-0.1, -0.05) is 6.07 Å². The molecule has 146 valence electrons. The molecule has 6 nitrogen and oxygen atoms in total. The van der Waals surface area contributed by atoms with E-state index in [9.17, 15) is 9.18 Å². The van der Waals surface area contributed by atoms with E-state index in [1.807, 2.05) is 6.07 Å². The molecule has 0 unspecified atom stereocenters. The number of benzene rings is 1. The highest BCUT2D eigenvalue weighted by Crippen LogP contribution is 2.16. The van der Waals surface area contributed by atoms with Gasteiger partial charge >= 0.3 is 0 Å². The molecule has 0 radical (unpaired) electrons. The maximum atomic E-state index is 13.6. The van der Waals surface area contributed by atoms with Gasteiger partial charge in [0.05, 0.1) is 10.7 Å². The van der Waals surface area contributed by atoms with Crippen LogP contribution in [0.3, 0.4) is 0 Å². The van der Waals surface area contributed by atoms with Gasteiger partial charge in [0.1, 0.15) is 5.82 Å². The van der Waals surface area contributed by atoms with E-state index in [-0.39, 0.29) is 35.7 Å². The monoisotopic (exact) mass is 550 g/mol. The van der Waals surface area contributed by atoms with Crippen LogP contribution in [-0.4, -0.2) is 54.9 Å². The molecule has 1 amide bonds. The molecule has 1 aliphatic heterocycles. The van der Waals surface area contributed by atoms with Crippen LogP contribution in [0.1, 0.15) is 16.1 Å². The van der Waals surface area contributed by atoms with E-state index in [1.165, 1.54) is 12.3 Å². The van der Waals surface area contributed by atoms with E-state index in [0.717, 1.165) is 11.5 Å². The van der Waals surface area contributed by atoms with Crippen LogP contribution in [0.5, 0.6) is 0 Å². The Morgan fingerprint density at radius 3 is 2.56 bits per heavy atom. The summed E-state index contributed by atoms with van der Waals surface area (Å²) in [6.07, 6.45) is 1.50. The van der Waals surface area contributed by atoms with Crippen molar-refractivity contribution < 1.29 is 13.6 Å². The van der Waals surface area contributed by atoms with Crippen molar-refractivity contribution in [2.45, 2.75) is 6.54 Å². The first-order chi connectivity index (χ1) is 12.6. The van der Waals surface area contributed by atoms with Crippen molar-refractivity contribution in [2.24, 2.45) is 4.99 Å². The number of carbonyl (C=O) groups is 1. The third-order valence-corrected chi connectivity index (χ3v) is 4.89. The van der Waals surface area contributed by atoms with Crippen molar-refractivity contribution in [3.05, 3.63) is 58.2 Å². The molecule has 0 atom stereocenters. The topological polar surface area (TPSA) is 61.1 Å². The van der Waals surface area contributed by atoms with Crippen LogP contribution in [0.2, 0.25) is 0 Å². The summed E-state index contributed by atoms with van der Waals surface area (Å²) in [5.74, 6) is 0.712. The second kappa shape index (κ2) is 10.1. The van der Waals surface area contributed by atoms with E-state index in [4.69, 9.17) is 4.42 Å². The summed E-state index contributed by atoms with van der Waals surface area (Å²) in [5, 5.41) is 3.25. The molecule has 2 aromatic rings. The van der Waals surface area contributed by atoms with Crippen molar-refractivity contribution in [1.82, 2.24) is 15.1 Å². The lowest BCUT2D eigenvalue weighted by Crippen LogP contribution is -2.53. The highest BCUT2D eigenvalue weighted by molar-refractivity contribution is 14.0. The maximum Gasteiger partial charge on any atom is 0.289 e. The second-order valence-electron chi connectivity index (χ2n) is 5.91. The highest BCUT2D eigenvalue weighted by Gasteiger charge is 2.25. The van der Waals surface area contributed by atoms with Gasteiger partial charge in [-0.2, -0.15) is 0 Å². The first-order valence-electron chi connectivity index (χ1n) is 8.31. The molecule has 9 heteroatoms. The highest BCUT2D eigenvalue weighted by atomic mass is 127. The number of carbonyl (C=O) groups excluding carboxylic acids is 1. The lowest BCUT2D eigenvalue weighted by atomic mass is 10.2. The predicted molar refractivity (Wildman–Crippen MR) is 116 cm³/mol. The number of piperazine rings is 1. The molecule has 3 rings (SSSR count). The summed E-state index contributed by atoms with van der Waals surface area (Å²) < 4.78 is 19.2. The number of amides is 1. The minimum absolute atomic E-state index is 0. The van der Waals surface area contributed by atoms with Crippen LogP contribution in [-0.2, 0) is 6.54 Å². The zero-order chi connectivity index (χ0) is 18.5. The molecule has 2 heterocycles. The molecule has 1 saturated heterocycles. The lowest BCUT2D eigenvalue weighted by Gasteiger charge is -2.36. The normalized spacial score (nSPS) is 14.7. The number of nitrogens with one attached hydrogen (secondary N) is 1. The molecular formula is C18H21BrFIN4O2. The van der Waals surface area contributed by atoms with Crippen LogP contribution in [0.25, 0.3) is 0 Å². The number of furan rings is 1. The minimum atomic E-state index is -0.288. The average Bonchev–Trinajstić information content (AvgIpc) is 3.20. The number of guanidine groups is 1. The van der Waals surface area contributed by atoms with Gasteiger partial charge in [-0.15, -0.1) is 24.0 Å². The maximum absolute atomic E-state index is 13.6. The molecular weight excluding hydrogens is 530 g/mol. The Morgan fingerprint density at radius 2 is 1.96 bits per heavy atom. The van der Waals surface area contributed by atoms with Gasteiger partial charge in [0, 0.05) is 39.8 Å². The third-order valence-electron chi connectivity index (χ3n) is 4.24. The Kier molecular flexibility index (Phi) is 8.08. The molecule has 0 aliphatic carbocycles. The number of hydrogen-bond donors (Lipinski definition) is 1. The van der Waals surface area contributed by atoms with Crippen LogP contribution in [0, 0.1) is 5.82 Å². The first kappa shape index (κ1) is 21.7. The number of hydrogen-bond acceptors (Lipinski definition) is 3. The first-order valence-corrected chi connectivity index (χ1v) is 9.10. The van der Waals surface area contributed by atoms with E-state index in [1.54, 1.807) is 30.1 Å². The van der Waals surface area contributed by atoms with E-state index < -0.39 is 0 Å². The van der Waals surface area contributed by atoms with Gasteiger partial charge in [-0.25, -0.2) is 4.39 Å². The smallest absolute Gasteiger partial charge is 0.289 e. The van der Waals surface area contributed by atoms with Gasteiger partial charge in [-0.05, 0) is 45.8 Å². The summed E-state index contributed by atoms with van der Waals surface area (Å²) in [6.45, 7) is 2.99. The van der Waals surface area contributed by atoms with Crippen LogP contribution >= 0.6 is 39.9 Å². The van der Waals surface area contributed by atoms with Gasteiger partial charge in [0.25, 0.3) is 5.91 Å². The van der Waals surface area contributed by atoms with Crippen LogP contribution in [0.15, 0.2) is 50.5 Å². The zero-order valence-corrected chi connectivity index (χ0v) is 18.7. The predicted octanol–water partition coefficient (Wildman–Crippen LogP) is 3.33. The van der Waals surface area contributed by atoms with Crippen molar-refractivity contribution in [1.29, 1.82) is 0 Å². The summed E-state index contributed by atoms with van der Waals surface area (Å²) in [7, 11) is 1.71. The number of nitrogens with zero attached hydrogens (tertiary/aromatic N) is 3.